The maximum atomic E-state index is 12.1. The second-order valence-electron chi connectivity index (χ2n) is 4.88. The topological polar surface area (TPSA) is 78.9 Å². The van der Waals surface area contributed by atoms with E-state index in [0.717, 1.165) is 0 Å². The minimum Gasteiger partial charge on any atom is -0.462 e. The first-order chi connectivity index (χ1) is 10.5. The number of benzene rings is 1. The summed E-state index contributed by atoms with van der Waals surface area (Å²) < 4.78 is 15.3. The van der Waals surface area contributed by atoms with Gasteiger partial charge in [0.05, 0.1) is 17.7 Å². The zero-order valence-electron chi connectivity index (χ0n) is 12.2. The average Bonchev–Trinajstić information content (AvgIpc) is 2.50. The van der Waals surface area contributed by atoms with Gasteiger partial charge in [-0.2, -0.15) is 0 Å². The average molecular weight is 304 g/mol. The zero-order valence-corrected chi connectivity index (χ0v) is 12.2. The Balaban J connectivity index is 2.00. The van der Waals surface area contributed by atoms with Gasteiger partial charge >= 0.3 is 17.9 Å². The van der Waals surface area contributed by atoms with Crippen LogP contribution in [0.25, 0.3) is 0 Å². The van der Waals surface area contributed by atoms with Crippen molar-refractivity contribution in [2.75, 3.05) is 13.2 Å². The second-order valence-corrected chi connectivity index (χ2v) is 4.88. The lowest BCUT2D eigenvalue weighted by atomic mass is 10.1. The monoisotopic (exact) mass is 304 g/mol. The molecule has 6 nitrogen and oxygen atoms in total. The number of hydrogen-bond acceptors (Lipinski definition) is 6. The van der Waals surface area contributed by atoms with E-state index in [1.807, 2.05) is 0 Å². The molecular weight excluding hydrogens is 288 g/mol. The van der Waals surface area contributed by atoms with Gasteiger partial charge in [-0.05, 0) is 19.1 Å². The standard InChI is InChI=1S/C16H16O6/c1-10(2)14(17)20-8-7-11-9-21-15(18)12-5-3-4-6-13(12)16(19)22-11/h3-6,11H,1,7-9H2,2H3. The lowest BCUT2D eigenvalue weighted by molar-refractivity contribution is -0.139. The van der Waals surface area contributed by atoms with Gasteiger partial charge in [0.15, 0.2) is 0 Å². The minimum absolute atomic E-state index is 0.0445. The molecule has 1 aliphatic rings. The zero-order chi connectivity index (χ0) is 16.1. The van der Waals surface area contributed by atoms with Gasteiger partial charge < -0.3 is 14.2 Å². The van der Waals surface area contributed by atoms with Crippen LogP contribution in [0, 0.1) is 0 Å². The summed E-state index contributed by atoms with van der Waals surface area (Å²) in [6.45, 7) is 4.97. The first-order valence-electron chi connectivity index (χ1n) is 6.79. The summed E-state index contributed by atoms with van der Waals surface area (Å²) in [6, 6.07) is 6.29. The Morgan fingerprint density at radius 1 is 1.27 bits per heavy atom. The first-order valence-corrected chi connectivity index (χ1v) is 6.79. The van der Waals surface area contributed by atoms with Crippen molar-refractivity contribution in [3.8, 4) is 0 Å². The number of esters is 3. The molecule has 0 radical (unpaired) electrons. The largest absolute Gasteiger partial charge is 0.462 e. The lowest BCUT2D eigenvalue weighted by Crippen LogP contribution is -2.30. The van der Waals surface area contributed by atoms with Crippen LogP contribution in [0.5, 0.6) is 0 Å². The molecule has 22 heavy (non-hydrogen) atoms. The van der Waals surface area contributed by atoms with Crippen LogP contribution in [0.4, 0.5) is 0 Å². The molecule has 0 aromatic heterocycles. The van der Waals surface area contributed by atoms with E-state index >= 15 is 0 Å². The number of fused-ring (bicyclic) bond motifs is 1. The SMILES string of the molecule is C=C(C)C(=O)OCCC1COC(=O)c2ccccc2C(=O)O1. The highest BCUT2D eigenvalue weighted by atomic mass is 16.6. The van der Waals surface area contributed by atoms with Crippen molar-refractivity contribution in [1.82, 2.24) is 0 Å². The molecule has 0 N–H and O–H groups in total. The lowest BCUT2D eigenvalue weighted by Gasteiger charge is -2.21. The number of carbonyl (C=O) groups is 3. The third-order valence-electron chi connectivity index (χ3n) is 3.06. The number of cyclic esters (lactones) is 2. The first kappa shape index (κ1) is 15.8. The summed E-state index contributed by atoms with van der Waals surface area (Å²) in [4.78, 5) is 35.2. The fourth-order valence-electron chi connectivity index (χ4n) is 1.88. The smallest absolute Gasteiger partial charge is 0.339 e. The van der Waals surface area contributed by atoms with Crippen LogP contribution < -0.4 is 0 Å². The molecular formula is C16H16O6. The van der Waals surface area contributed by atoms with Crippen molar-refractivity contribution in [2.24, 2.45) is 0 Å². The van der Waals surface area contributed by atoms with Gasteiger partial charge in [-0.1, -0.05) is 18.7 Å². The molecule has 2 rings (SSSR count). The predicted octanol–water partition coefficient (Wildman–Crippen LogP) is 1.89. The summed E-state index contributed by atoms with van der Waals surface area (Å²) in [5, 5.41) is 0. The highest BCUT2D eigenvalue weighted by Crippen LogP contribution is 2.17. The molecule has 0 spiro atoms. The van der Waals surface area contributed by atoms with E-state index in [1.54, 1.807) is 12.1 Å². The van der Waals surface area contributed by atoms with Crippen LogP contribution >= 0.6 is 0 Å². The van der Waals surface area contributed by atoms with Crippen LogP contribution in [-0.4, -0.2) is 37.2 Å². The Hall–Kier alpha value is -2.63. The molecule has 116 valence electrons. The van der Waals surface area contributed by atoms with E-state index in [2.05, 4.69) is 6.58 Å². The van der Waals surface area contributed by atoms with E-state index in [-0.39, 0.29) is 36.3 Å². The van der Waals surface area contributed by atoms with Crippen molar-refractivity contribution < 1.29 is 28.6 Å². The van der Waals surface area contributed by atoms with Crippen LogP contribution in [0.3, 0.4) is 0 Å². The van der Waals surface area contributed by atoms with Gasteiger partial charge in [0.25, 0.3) is 0 Å². The highest BCUT2D eigenvalue weighted by molar-refractivity contribution is 6.03. The van der Waals surface area contributed by atoms with Crippen LogP contribution in [0.2, 0.25) is 0 Å². The summed E-state index contributed by atoms with van der Waals surface area (Å²) in [7, 11) is 0. The van der Waals surface area contributed by atoms with Crippen molar-refractivity contribution in [1.29, 1.82) is 0 Å². The maximum Gasteiger partial charge on any atom is 0.339 e. The number of hydrogen-bond donors (Lipinski definition) is 0. The molecule has 1 aromatic rings. The van der Waals surface area contributed by atoms with Gasteiger partial charge in [0.1, 0.15) is 12.7 Å². The van der Waals surface area contributed by atoms with Crippen molar-refractivity contribution in [3.63, 3.8) is 0 Å². The molecule has 1 aliphatic heterocycles. The van der Waals surface area contributed by atoms with E-state index in [1.165, 1.54) is 19.1 Å². The fraction of sp³-hybridized carbons (Fsp3) is 0.312. The van der Waals surface area contributed by atoms with Gasteiger partial charge in [0.2, 0.25) is 0 Å². The summed E-state index contributed by atoms with van der Waals surface area (Å²) >= 11 is 0. The van der Waals surface area contributed by atoms with E-state index in [4.69, 9.17) is 14.2 Å². The van der Waals surface area contributed by atoms with E-state index in [0.29, 0.717) is 0 Å². The Labute approximate surface area is 127 Å². The van der Waals surface area contributed by atoms with Gasteiger partial charge in [-0.15, -0.1) is 0 Å². The quantitative estimate of drug-likeness (QED) is 0.480. The van der Waals surface area contributed by atoms with E-state index < -0.39 is 24.0 Å². The van der Waals surface area contributed by atoms with Gasteiger partial charge in [-0.3, -0.25) is 0 Å². The molecule has 0 fully saturated rings. The Morgan fingerprint density at radius 2 is 1.91 bits per heavy atom. The van der Waals surface area contributed by atoms with Crippen LogP contribution in [0.1, 0.15) is 34.1 Å². The molecule has 0 amide bonds. The normalized spacial score (nSPS) is 17.4. The van der Waals surface area contributed by atoms with Crippen LogP contribution in [-0.2, 0) is 19.0 Å². The molecule has 0 saturated carbocycles. The Kier molecular flexibility index (Phi) is 4.93. The molecule has 0 bridgehead atoms. The molecule has 1 heterocycles. The second kappa shape index (κ2) is 6.89. The molecule has 0 saturated heterocycles. The van der Waals surface area contributed by atoms with Crippen molar-refractivity contribution in [3.05, 3.63) is 47.5 Å². The Morgan fingerprint density at radius 3 is 2.55 bits per heavy atom. The summed E-state index contributed by atoms with van der Waals surface area (Å²) in [6.07, 6.45) is -0.428. The van der Waals surface area contributed by atoms with Gasteiger partial charge in [0, 0.05) is 12.0 Å². The number of rotatable bonds is 4. The van der Waals surface area contributed by atoms with Gasteiger partial charge in [-0.25, -0.2) is 14.4 Å². The minimum atomic E-state index is -0.664. The fourth-order valence-corrected chi connectivity index (χ4v) is 1.88. The number of ether oxygens (including phenoxy) is 3. The third kappa shape index (κ3) is 3.72. The van der Waals surface area contributed by atoms with Crippen molar-refractivity contribution in [2.45, 2.75) is 19.4 Å². The molecule has 1 aromatic carbocycles. The van der Waals surface area contributed by atoms with Crippen molar-refractivity contribution >= 4 is 17.9 Å². The maximum absolute atomic E-state index is 12.1. The summed E-state index contributed by atoms with van der Waals surface area (Å²) in [5.41, 5.74) is 0.630. The van der Waals surface area contributed by atoms with Crippen LogP contribution in [0.15, 0.2) is 36.4 Å². The molecule has 1 unspecified atom stereocenters. The highest BCUT2D eigenvalue weighted by Gasteiger charge is 2.26. The van der Waals surface area contributed by atoms with E-state index in [9.17, 15) is 14.4 Å². The third-order valence-corrected chi connectivity index (χ3v) is 3.06. The Bertz CT molecular complexity index is 619. The molecule has 6 heteroatoms. The summed E-state index contributed by atoms with van der Waals surface area (Å²) in [5.74, 6) is -1.68. The molecule has 0 aliphatic carbocycles. The predicted molar refractivity (Wildman–Crippen MR) is 76.3 cm³/mol. The molecule has 1 atom stereocenters. The number of carbonyl (C=O) groups excluding carboxylic acids is 3.